The molecule has 0 aromatic heterocycles. The molecule has 1 rings (SSSR count). The molecule has 62 heavy (non-hydrogen) atoms. The standard InChI is InChI=1S/C53H103NO8/c1-3-5-7-9-11-13-15-17-18-19-20-21-22-23-24-25-26-27-28-29-31-33-35-37-39-41-49(57)54-45(42-43-47-51(59)53(61)52(60)48(44-55)62-47)50(58)46(56)40-38-36-34-32-30-16-14-12-10-8-6-4-2/h26-27,45-48,50-53,55-56,58-61H,3-25,28-44H2,1-2H3,(H,54,57)/b27-26+/t45-,46+,47+,48?,50-,51?,52-,53?/m0/s1. The Morgan fingerprint density at radius 3 is 1.29 bits per heavy atom. The largest absolute Gasteiger partial charge is 0.394 e. The number of allylic oxidation sites excluding steroid dienone is 2. The summed E-state index contributed by atoms with van der Waals surface area (Å²) < 4.78 is 5.69. The Balaban J connectivity index is 2.26. The van der Waals surface area contributed by atoms with Crippen molar-refractivity contribution in [2.45, 2.75) is 313 Å². The van der Waals surface area contributed by atoms with Crippen molar-refractivity contribution in [1.82, 2.24) is 5.32 Å². The van der Waals surface area contributed by atoms with Crippen LogP contribution in [0.1, 0.15) is 264 Å². The molecule has 0 radical (unpaired) electrons. The molecule has 0 bridgehead atoms. The maximum atomic E-state index is 13.1. The molecule has 8 atom stereocenters. The van der Waals surface area contributed by atoms with Gasteiger partial charge in [-0.15, -0.1) is 0 Å². The molecular weight excluding hydrogens is 779 g/mol. The Labute approximate surface area is 382 Å². The highest BCUT2D eigenvalue weighted by Gasteiger charge is 2.43. The number of carbonyl (C=O) groups excluding carboxylic acids is 1. The number of unbranched alkanes of at least 4 members (excludes halogenated alkanes) is 32. The van der Waals surface area contributed by atoms with E-state index in [1.165, 1.54) is 173 Å². The van der Waals surface area contributed by atoms with Gasteiger partial charge in [0, 0.05) is 6.42 Å². The first-order valence-corrected chi connectivity index (χ1v) is 26.9. The lowest BCUT2D eigenvalue weighted by Gasteiger charge is -2.40. The van der Waals surface area contributed by atoms with E-state index in [9.17, 15) is 35.4 Å². The summed E-state index contributed by atoms with van der Waals surface area (Å²) in [6, 6.07) is -0.769. The van der Waals surface area contributed by atoms with Crippen LogP contribution < -0.4 is 5.32 Å². The second-order valence-electron chi connectivity index (χ2n) is 19.2. The lowest BCUT2D eigenvalue weighted by Crippen LogP contribution is -2.59. The second-order valence-corrected chi connectivity index (χ2v) is 19.2. The predicted octanol–water partition coefficient (Wildman–Crippen LogP) is 11.8. The molecule has 1 amide bonds. The van der Waals surface area contributed by atoms with Gasteiger partial charge in [0.1, 0.15) is 24.4 Å². The van der Waals surface area contributed by atoms with Crippen LogP contribution in [-0.4, -0.2) is 91.9 Å². The maximum absolute atomic E-state index is 13.1. The molecular formula is C53H103NO8. The summed E-state index contributed by atoms with van der Waals surface area (Å²) >= 11 is 0. The zero-order valence-electron chi connectivity index (χ0n) is 40.6. The number of aliphatic hydroxyl groups is 6. The monoisotopic (exact) mass is 882 g/mol. The molecule has 1 saturated heterocycles. The fourth-order valence-corrected chi connectivity index (χ4v) is 9.13. The van der Waals surface area contributed by atoms with Crippen LogP contribution in [0.3, 0.4) is 0 Å². The summed E-state index contributed by atoms with van der Waals surface area (Å²) in [5.41, 5.74) is 0. The molecule has 368 valence electrons. The third kappa shape index (κ3) is 31.7. The first kappa shape index (κ1) is 58.9. The predicted molar refractivity (Wildman–Crippen MR) is 258 cm³/mol. The maximum Gasteiger partial charge on any atom is 0.220 e. The minimum absolute atomic E-state index is 0.156. The van der Waals surface area contributed by atoms with Crippen molar-refractivity contribution in [1.29, 1.82) is 0 Å². The van der Waals surface area contributed by atoms with Gasteiger partial charge >= 0.3 is 0 Å². The number of rotatable bonds is 45. The third-order valence-corrected chi connectivity index (χ3v) is 13.4. The molecule has 7 N–H and O–H groups in total. The minimum atomic E-state index is -1.48. The van der Waals surface area contributed by atoms with E-state index in [-0.39, 0.29) is 18.7 Å². The van der Waals surface area contributed by atoms with Gasteiger partial charge in [-0.3, -0.25) is 4.79 Å². The van der Waals surface area contributed by atoms with E-state index in [1.807, 2.05) is 0 Å². The Morgan fingerprint density at radius 2 is 0.871 bits per heavy atom. The van der Waals surface area contributed by atoms with Gasteiger partial charge in [-0.1, -0.05) is 219 Å². The fourth-order valence-electron chi connectivity index (χ4n) is 9.13. The van der Waals surface area contributed by atoms with Gasteiger partial charge in [0.15, 0.2) is 0 Å². The van der Waals surface area contributed by atoms with Crippen LogP contribution in [-0.2, 0) is 9.53 Å². The SMILES string of the molecule is CCCCCCCCCCCCCCCCC/C=C/CCCCCCCCC(=O)N[C@@H](CC[C@H]1OC(CO)[C@H](O)C(O)C1O)[C@H](O)[C@H](O)CCCCCCCCCCCCCC. The summed E-state index contributed by atoms with van der Waals surface area (Å²) in [6.45, 7) is 4.01. The van der Waals surface area contributed by atoms with E-state index in [1.54, 1.807) is 0 Å². The Kier molecular flexibility index (Phi) is 40.5. The lowest BCUT2D eigenvalue weighted by atomic mass is 9.90. The quantitative estimate of drug-likeness (QED) is 0.0235. The molecule has 0 saturated carbocycles. The normalized spacial score (nSPS) is 20.8. The molecule has 1 aliphatic heterocycles. The molecule has 1 heterocycles. The van der Waals surface area contributed by atoms with Gasteiger partial charge in [0.25, 0.3) is 0 Å². The van der Waals surface area contributed by atoms with Crippen molar-refractivity contribution in [2.75, 3.05) is 6.61 Å². The molecule has 9 nitrogen and oxygen atoms in total. The summed E-state index contributed by atoms with van der Waals surface area (Å²) in [7, 11) is 0. The van der Waals surface area contributed by atoms with Crippen molar-refractivity contribution in [3.05, 3.63) is 12.2 Å². The van der Waals surface area contributed by atoms with E-state index in [0.717, 1.165) is 51.4 Å². The average Bonchev–Trinajstić information content (AvgIpc) is 3.27. The van der Waals surface area contributed by atoms with Crippen LogP contribution in [0.2, 0.25) is 0 Å². The van der Waals surface area contributed by atoms with Gasteiger partial charge in [0.05, 0.1) is 31.0 Å². The van der Waals surface area contributed by atoms with Crippen molar-refractivity contribution in [3.8, 4) is 0 Å². The topological polar surface area (TPSA) is 160 Å². The number of carbonyl (C=O) groups is 1. The van der Waals surface area contributed by atoms with Crippen molar-refractivity contribution in [2.24, 2.45) is 0 Å². The molecule has 0 aliphatic carbocycles. The van der Waals surface area contributed by atoms with E-state index in [4.69, 9.17) is 4.74 Å². The molecule has 0 aromatic rings. The van der Waals surface area contributed by atoms with Gasteiger partial charge in [0.2, 0.25) is 5.91 Å². The molecule has 9 heteroatoms. The highest BCUT2D eigenvalue weighted by atomic mass is 16.5. The smallest absolute Gasteiger partial charge is 0.220 e. The van der Waals surface area contributed by atoms with Crippen LogP contribution >= 0.6 is 0 Å². The number of aliphatic hydroxyl groups excluding tert-OH is 6. The van der Waals surface area contributed by atoms with Gasteiger partial charge in [-0.2, -0.15) is 0 Å². The third-order valence-electron chi connectivity index (χ3n) is 13.4. The zero-order valence-corrected chi connectivity index (χ0v) is 40.6. The highest BCUT2D eigenvalue weighted by molar-refractivity contribution is 5.76. The Morgan fingerprint density at radius 1 is 0.500 bits per heavy atom. The summed E-state index contributed by atoms with van der Waals surface area (Å²) in [5.74, 6) is -0.181. The molecule has 1 fully saturated rings. The zero-order chi connectivity index (χ0) is 45.3. The number of ether oxygens (including phenoxy) is 1. The fraction of sp³-hybridized carbons (Fsp3) is 0.943. The molecule has 3 unspecified atom stereocenters. The molecule has 1 aliphatic rings. The number of nitrogens with one attached hydrogen (secondary N) is 1. The highest BCUT2D eigenvalue weighted by Crippen LogP contribution is 2.26. The summed E-state index contributed by atoms with van der Waals surface area (Å²) in [4.78, 5) is 13.1. The van der Waals surface area contributed by atoms with Crippen LogP contribution in [0.5, 0.6) is 0 Å². The van der Waals surface area contributed by atoms with Crippen molar-refractivity contribution >= 4 is 5.91 Å². The Hall–Kier alpha value is -1.07. The second kappa shape index (κ2) is 42.6. The summed E-state index contributed by atoms with van der Waals surface area (Å²) in [5, 5.41) is 65.9. The molecule has 0 aromatic carbocycles. The number of amides is 1. The number of hydrogen-bond donors (Lipinski definition) is 7. The van der Waals surface area contributed by atoms with Crippen molar-refractivity contribution < 1.29 is 40.2 Å². The lowest BCUT2D eigenvalue weighted by molar-refractivity contribution is -0.231. The van der Waals surface area contributed by atoms with Crippen LogP contribution in [0.25, 0.3) is 0 Å². The Bertz CT molecular complexity index is 997. The first-order chi connectivity index (χ1) is 30.3. The van der Waals surface area contributed by atoms with Crippen molar-refractivity contribution in [3.63, 3.8) is 0 Å². The van der Waals surface area contributed by atoms with E-state index < -0.39 is 55.4 Å². The van der Waals surface area contributed by atoms with Crippen LogP contribution in [0.4, 0.5) is 0 Å². The van der Waals surface area contributed by atoms with Gasteiger partial charge in [-0.25, -0.2) is 0 Å². The summed E-state index contributed by atoms with van der Waals surface area (Å²) in [6.07, 6.45) is 41.6. The number of hydrogen-bond acceptors (Lipinski definition) is 8. The van der Waals surface area contributed by atoms with E-state index >= 15 is 0 Å². The van der Waals surface area contributed by atoms with Crippen LogP contribution in [0.15, 0.2) is 12.2 Å². The van der Waals surface area contributed by atoms with Crippen LogP contribution in [0, 0.1) is 0 Å². The van der Waals surface area contributed by atoms with E-state index in [2.05, 4.69) is 31.3 Å². The molecule has 0 spiro atoms. The van der Waals surface area contributed by atoms with Gasteiger partial charge < -0.3 is 40.7 Å². The minimum Gasteiger partial charge on any atom is -0.394 e. The van der Waals surface area contributed by atoms with E-state index in [0.29, 0.717) is 12.8 Å². The average molecular weight is 882 g/mol. The van der Waals surface area contributed by atoms with Gasteiger partial charge in [-0.05, 0) is 51.4 Å². The first-order valence-electron chi connectivity index (χ1n) is 26.9.